The van der Waals surface area contributed by atoms with Gasteiger partial charge in [-0.3, -0.25) is 0 Å². The van der Waals surface area contributed by atoms with Crippen LogP contribution in [-0.4, -0.2) is 30.4 Å². The van der Waals surface area contributed by atoms with Gasteiger partial charge in [0.2, 0.25) is 0 Å². The van der Waals surface area contributed by atoms with Gasteiger partial charge >= 0.3 is 9.53 Å². The summed E-state index contributed by atoms with van der Waals surface area (Å²) in [5.74, 6) is -2.82. The van der Waals surface area contributed by atoms with Gasteiger partial charge in [-0.05, 0) is 30.9 Å². The SMILES string of the molecule is CO[Si](OC)OCCCCCCCc1cc(F)c(F)cc1F. The maximum absolute atomic E-state index is 13.4. The summed E-state index contributed by atoms with van der Waals surface area (Å²) < 4.78 is 54.6. The number of rotatable bonds is 11. The minimum absolute atomic E-state index is 0.231. The van der Waals surface area contributed by atoms with Gasteiger partial charge in [0, 0.05) is 26.9 Å². The highest BCUT2D eigenvalue weighted by Gasteiger charge is 2.13. The highest BCUT2D eigenvalue weighted by molar-refractivity contribution is 6.36. The fourth-order valence-electron chi connectivity index (χ4n) is 2.06. The molecule has 1 rings (SSSR count). The molecule has 7 heteroatoms. The molecule has 0 aliphatic carbocycles. The summed E-state index contributed by atoms with van der Waals surface area (Å²) in [5, 5.41) is 0. The maximum atomic E-state index is 13.4. The Kier molecular flexibility index (Phi) is 9.38. The third kappa shape index (κ3) is 6.91. The van der Waals surface area contributed by atoms with Crippen LogP contribution < -0.4 is 0 Å². The Morgan fingerprint density at radius 1 is 0.818 bits per heavy atom. The summed E-state index contributed by atoms with van der Waals surface area (Å²) >= 11 is 0. The molecule has 0 aliphatic heterocycles. The predicted molar refractivity (Wildman–Crippen MR) is 78.8 cm³/mol. The van der Waals surface area contributed by atoms with E-state index in [0.29, 0.717) is 19.1 Å². The van der Waals surface area contributed by atoms with Crippen molar-refractivity contribution in [3.63, 3.8) is 0 Å². The third-order valence-corrected chi connectivity index (χ3v) is 4.34. The van der Waals surface area contributed by atoms with E-state index in [-0.39, 0.29) is 5.56 Å². The highest BCUT2D eigenvalue weighted by Crippen LogP contribution is 2.16. The molecule has 0 fully saturated rings. The number of aryl methyl sites for hydroxylation is 1. The normalized spacial score (nSPS) is 11.4. The summed E-state index contributed by atoms with van der Waals surface area (Å²) in [6.07, 6.45) is 4.94. The number of unbranched alkanes of at least 4 members (excludes halogenated alkanes) is 4. The Hall–Kier alpha value is -0.893. The Morgan fingerprint density at radius 3 is 2.09 bits per heavy atom. The minimum atomic E-state index is -1.58. The molecular formula is C15H22F3O3Si. The van der Waals surface area contributed by atoms with Crippen LogP contribution in [0.15, 0.2) is 12.1 Å². The first-order chi connectivity index (χ1) is 10.6. The molecule has 22 heavy (non-hydrogen) atoms. The first-order valence-electron chi connectivity index (χ1n) is 7.29. The smallest absolute Gasteiger partial charge is 0.375 e. The zero-order chi connectivity index (χ0) is 16.4. The van der Waals surface area contributed by atoms with Crippen molar-refractivity contribution >= 4 is 9.53 Å². The average molecular weight is 335 g/mol. The second kappa shape index (κ2) is 10.8. The maximum Gasteiger partial charge on any atom is 0.577 e. The highest BCUT2D eigenvalue weighted by atomic mass is 28.3. The van der Waals surface area contributed by atoms with E-state index < -0.39 is 27.0 Å². The van der Waals surface area contributed by atoms with Gasteiger partial charge in [0.05, 0.1) is 0 Å². The van der Waals surface area contributed by atoms with E-state index in [1.54, 1.807) is 14.2 Å². The lowest BCUT2D eigenvalue weighted by Crippen LogP contribution is -2.24. The summed E-state index contributed by atoms with van der Waals surface area (Å²) in [4.78, 5) is 0. The van der Waals surface area contributed by atoms with Crippen molar-refractivity contribution in [3.8, 4) is 0 Å². The number of benzene rings is 1. The largest absolute Gasteiger partial charge is 0.577 e. The van der Waals surface area contributed by atoms with Crippen molar-refractivity contribution in [2.45, 2.75) is 38.5 Å². The molecule has 1 radical (unpaired) electrons. The fraction of sp³-hybridized carbons (Fsp3) is 0.600. The van der Waals surface area contributed by atoms with Crippen LogP contribution in [0.1, 0.15) is 37.7 Å². The zero-order valence-corrected chi connectivity index (χ0v) is 14.0. The quantitative estimate of drug-likeness (QED) is 0.349. The van der Waals surface area contributed by atoms with Crippen LogP contribution in [0.4, 0.5) is 13.2 Å². The number of hydrogen-bond donors (Lipinski definition) is 0. The van der Waals surface area contributed by atoms with Gasteiger partial charge in [0.25, 0.3) is 0 Å². The average Bonchev–Trinajstić information content (AvgIpc) is 2.50. The molecule has 0 heterocycles. The molecule has 0 N–H and O–H groups in total. The molecule has 125 valence electrons. The van der Waals surface area contributed by atoms with Gasteiger partial charge in [0.1, 0.15) is 5.82 Å². The molecule has 0 spiro atoms. The first-order valence-corrected chi connectivity index (χ1v) is 8.52. The Bertz CT molecular complexity index is 442. The van der Waals surface area contributed by atoms with Crippen molar-refractivity contribution < 1.29 is 26.4 Å². The van der Waals surface area contributed by atoms with Crippen LogP contribution in [0.3, 0.4) is 0 Å². The van der Waals surface area contributed by atoms with Gasteiger partial charge in [0.15, 0.2) is 11.6 Å². The van der Waals surface area contributed by atoms with E-state index >= 15 is 0 Å². The van der Waals surface area contributed by atoms with Crippen LogP contribution in [0.2, 0.25) is 0 Å². The minimum Gasteiger partial charge on any atom is -0.375 e. The monoisotopic (exact) mass is 335 g/mol. The Morgan fingerprint density at radius 2 is 1.41 bits per heavy atom. The van der Waals surface area contributed by atoms with E-state index in [0.717, 1.165) is 38.2 Å². The van der Waals surface area contributed by atoms with Gasteiger partial charge in [-0.15, -0.1) is 0 Å². The Balaban J connectivity index is 2.10. The molecule has 1 aromatic rings. The summed E-state index contributed by atoms with van der Waals surface area (Å²) in [6.45, 7) is 0.591. The lowest BCUT2D eigenvalue weighted by Gasteiger charge is -2.09. The topological polar surface area (TPSA) is 27.7 Å². The van der Waals surface area contributed by atoms with Gasteiger partial charge in [-0.1, -0.05) is 19.3 Å². The van der Waals surface area contributed by atoms with Crippen LogP contribution >= 0.6 is 0 Å². The van der Waals surface area contributed by atoms with E-state index in [9.17, 15) is 13.2 Å². The molecule has 0 bridgehead atoms. The lowest BCUT2D eigenvalue weighted by atomic mass is 10.0. The summed E-state index contributed by atoms with van der Waals surface area (Å²) in [6, 6.07) is 1.55. The zero-order valence-electron chi connectivity index (χ0n) is 13.0. The Labute approximate surface area is 131 Å². The first kappa shape index (κ1) is 19.2. The third-order valence-electron chi connectivity index (χ3n) is 3.23. The predicted octanol–water partition coefficient (Wildman–Crippen LogP) is 3.89. The molecule has 0 atom stereocenters. The van der Waals surface area contributed by atoms with Crippen molar-refractivity contribution in [2.75, 3.05) is 20.8 Å². The van der Waals surface area contributed by atoms with Crippen LogP contribution in [0.25, 0.3) is 0 Å². The second-order valence-corrected chi connectivity index (χ2v) is 6.49. The van der Waals surface area contributed by atoms with E-state index in [1.165, 1.54) is 0 Å². The molecular weight excluding hydrogens is 313 g/mol. The molecule has 0 amide bonds. The molecule has 0 aliphatic rings. The molecule has 0 saturated carbocycles. The fourth-order valence-corrected chi connectivity index (χ4v) is 2.77. The van der Waals surface area contributed by atoms with E-state index in [2.05, 4.69) is 0 Å². The van der Waals surface area contributed by atoms with Crippen LogP contribution in [0.5, 0.6) is 0 Å². The van der Waals surface area contributed by atoms with Gasteiger partial charge < -0.3 is 13.3 Å². The van der Waals surface area contributed by atoms with Gasteiger partial charge in [-0.25, -0.2) is 13.2 Å². The lowest BCUT2D eigenvalue weighted by molar-refractivity contribution is 0.133. The van der Waals surface area contributed by atoms with Crippen molar-refractivity contribution in [3.05, 3.63) is 35.1 Å². The summed E-state index contributed by atoms with van der Waals surface area (Å²) in [5.41, 5.74) is 0.231. The van der Waals surface area contributed by atoms with Crippen molar-refractivity contribution in [2.24, 2.45) is 0 Å². The van der Waals surface area contributed by atoms with Gasteiger partial charge in [-0.2, -0.15) is 0 Å². The standard InChI is InChI=1S/C15H22F3O3Si/c1-19-22(20-2)21-9-7-5-3-4-6-8-12-10-14(17)15(18)11-13(12)16/h10-11H,3-9H2,1-2H3. The van der Waals surface area contributed by atoms with Crippen molar-refractivity contribution in [1.82, 2.24) is 0 Å². The molecule has 1 aromatic carbocycles. The second-order valence-electron chi connectivity index (χ2n) is 4.88. The van der Waals surface area contributed by atoms with Crippen LogP contribution in [-0.2, 0) is 19.7 Å². The number of hydrogen-bond acceptors (Lipinski definition) is 3. The molecule has 3 nitrogen and oxygen atoms in total. The number of halogens is 3. The van der Waals surface area contributed by atoms with Crippen LogP contribution in [0, 0.1) is 17.5 Å². The van der Waals surface area contributed by atoms with Crippen molar-refractivity contribution in [1.29, 1.82) is 0 Å². The van der Waals surface area contributed by atoms with E-state index in [1.807, 2.05) is 0 Å². The summed E-state index contributed by atoms with van der Waals surface area (Å²) in [7, 11) is 1.53. The molecule has 0 unspecified atom stereocenters. The van der Waals surface area contributed by atoms with E-state index in [4.69, 9.17) is 13.3 Å². The molecule has 0 saturated heterocycles. The molecule has 0 aromatic heterocycles.